The summed E-state index contributed by atoms with van der Waals surface area (Å²) in [5.41, 5.74) is 1.06. The average Bonchev–Trinajstić information content (AvgIpc) is 2.58. The van der Waals surface area contributed by atoms with E-state index in [1.165, 1.54) is 0 Å². The molecule has 4 heteroatoms. The quantitative estimate of drug-likeness (QED) is 0.633. The smallest absolute Gasteiger partial charge is 0.128 e. The van der Waals surface area contributed by atoms with Crippen LogP contribution in [0.2, 0.25) is 0 Å². The molecular weight excluding hydrogens is 144 g/mol. The molecule has 1 aromatic heterocycles. The van der Waals surface area contributed by atoms with E-state index < -0.39 is 0 Å². The van der Waals surface area contributed by atoms with Crippen LogP contribution in [0.5, 0.6) is 0 Å². The van der Waals surface area contributed by atoms with Gasteiger partial charge in [0.15, 0.2) is 0 Å². The van der Waals surface area contributed by atoms with E-state index in [1.54, 1.807) is 12.5 Å². The van der Waals surface area contributed by atoms with Gasteiger partial charge >= 0.3 is 0 Å². The lowest BCUT2D eigenvalue weighted by molar-refractivity contribution is 0.0767. The first-order valence-corrected chi connectivity index (χ1v) is 3.67. The standard InChI is InChI=1S/C7H10N2O2/c1-2-10-5-7(8-1)6-3-9-11-4-6/h3-4,7-8H,1-2,5H2. The average molecular weight is 154 g/mol. The second kappa shape index (κ2) is 3.02. The molecule has 0 saturated carbocycles. The predicted molar refractivity (Wildman–Crippen MR) is 38.1 cm³/mol. The third-order valence-electron chi connectivity index (χ3n) is 1.78. The summed E-state index contributed by atoms with van der Waals surface area (Å²) in [4.78, 5) is 0. The van der Waals surface area contributed by atoms with Crippen molar-refractivity contribution in [3.05, 3.63) is 18.0 Å². The van der Waals surface area contributed by atoms with Crippen LogP contribution in [0.1, 0.15) is 11.6 Å². The minimum absolute atomic E-state index is 0.259. The number of nitrogens with zero attached hydrogens (tertiary/aromatic N) is 1. The van der Waals surface area contributed by atoms with Crippen LogP contribution in [0.4, 0.5) is 0 Å². The molecule has 11 heavy (non-hydrogen) atoms. The van der Waals surface area contributed by atoms with Crippen LogP contribution >= 0.6 is 0 Å². The van der Waals surface area contributed by atoms with Crippen LogP contribution in [0, 0.1) is 0 Å². The lowest BCUT2D eigenvalue weighted by atomic mass is 10.1. The first kappa shape index (κ1) is 6.82. The molecule has 2 rings (SSSR count). The summed E-state index contributed by atoms with van der Waals surface area (Å²) in [5, 5.41) is 6.92. The fourth-order valence-corrected chi connectivity index (χ4v) is 1.16. The van der Waals surface area contributed by atoms with Gasteiger partial charge in [0, 0.05) is 12.1 Å². The first-order valence-electron chi connectivity index (χ1n) is 3.67. The summed E-state index contributed by atoms with van der Waals surface area (Å²) in [5.74, 6) is 0. The number of hydrogen-bond acceptors (Lipinski definition) is 4. The highest BCUT2D eigenvalue weighted by Crippen LogP contribution is 2.13. The van der Waals surface area contributed by atoms with E-state index in [9.17, 15) is 0 Å². The second-order valence-corrected chi connectivity index (χ2v) is 2.54. The topological polar surface area (TPSA) is 47.3 Å². The van der Waals surface area contributed by atoms with Crippen LogP contribution in [0.15, 0.2) is 17.0 Å². The molecule has 1 fully saturated rings. The molecule has 1 N–H and O–H groups in total. The number of ether oxygens (including phenoxy) is 1. The molecule has 60 valence electrons. The maximum Gasteiger partial charge on any atom is 0.128 e. The normalized spacial score (nSPS) is 25.3. The molecule has 4 nitrogen and oxygen atoms in total. The Hall–Kier alpha value is -0.870. The Kier molecular flexibility index (Phi) is 1.87. The molecule has 1 aliphatic rings. The maximum absolute atomic E-state index is 5.27. The number of morpholine rings is 1. The Bertz CT molecular complexity index is 204. The van der Waals surface area contributed by atoms with Crippen molar-refractivity contribution in [2.24, 2.45) is 0 Å². The zero-order chi connectivity index (χ0) is 7.52. The number of hydrogen-bond donors (Lipinski definition) is 1. The molecule has 1 aromatic rings. The highest BCUT2D eigenvalue weighted by molar-refractivity contribution is 5.08. The van der Waals surface area contributed by atoms with Gasteiger partial charge in [0.2, 0.25) is 0 Å². The van der Waals surface area contributed by atoms with E-state index in [4.69, 9.17) is 9.26 Å². The molecule has 1 saturated heterocycles. The van der Waals surface area contributed by atoms with Gasteiger partial charge < -0.3 is 14.6 Å². The Labute approximate surface area is 64.5 Å². The Morgan fingerprint density at radius 3 is 3.27 bits per heavy atom. The summed E-state index contributed by atoms with van der Waals surface area (Å²) < 4.78 is 10.00. The monoisotopic (exact) mass is 154 g/mol. The van der Waals surface area contributed by atoms with Crippen LogP contribution in [0.25, 0.3) is 0 Å². The number of aromatic nitrogens is 1. The van der Waals surface area contributed by atoms with Crippen molar-refractivity contribution in [3.8, 4) is 0 Å². The summed E-state index contributed by atoms with van der Waals surface area (Å²) in [7, 11) is 0. The van der Waals surface area contributed by atoms with Gasteiger partial charge in [-0.25, -0.2) is 0 Å². The number of nitrogens with one attached hydrogen (secondary N) is 1. The molecule has 2 heterocycles. The highest BCUT2D eigenvalue weighted by Gasteiger charge is 2.15. The molecule has 0 radical (unpaired) electrons. The minimum Gasteiger partial charge on any atom is -0.378 e. The Morgan fingerprint density at radius 2 is 2.64 bits per heavy atom. The lowest BCUT2D eigenvalue weighted by Gasteiger charge is -2.21. The lowest BCUT2D eigenvalue weighted by Crippen LogP contribution is -2.34. The fourth-order valence-electron chi connectivity index (χ4n) is 1.16. The third kappa shape index (κ3) is 1.41. The van der Waals surface area contributed by atoms with Gasteiger partial charge in [-0.05, 0) is 0 Å². The third-order valence-corrected chi connectivity index (χ3v) is 1.78. The minimum atomic E-state index is 0.259. The first-order chi connectivity index (χ1) is 5.47. The highest BCUT2D eigenvalue weighted by atomic mass is 16.5. The van der Waals surface area contributed by atoms with Crippen LogP contribution in [-0.4, -0.2) is 24.9 Å². The summed E-state index contributed by atoms with van der Waals surface area (Å²) >= 11 is 0. The van der Waals surface area contributed by atoms with Gasteiger partial charge in [-0.1, -0.05) is 5.16 Å². The van der Waals surface area contributed by atoms with Gasteiger partial charge in [-0.15, -0.1) is 0 Å². The van der Waals surface area contributed by atoms with Gasteiger partial charge in [-0.3, -0.25) is 0 Å². The second-order valence-electron chi connectivity index (χ2n) is 2.54. The molecule has 0 aliphatic carbocycles. The van der Waals surface area contributed by atoms with Crippen molar-refractivity contribution < 1.29 is 9.26 Å². The SMILES string of the molecule is c1nocc1C1COCCN1. The number of rotatable bonds is 1. The van der Waals surface area contributed by atoms with Crippen molar-refractivity contribution >= 4 is 0 Å². The zero-order valence-electron chi connectivity index (χ0n) is 6.12. The van der Waals surface area contributed by atoms with E-state index in [0.29, 0.717) is 6.61 Å². The van der Waals surface area contributed by atoms with Gasteiger partial charge in [0.05, 0.1) is 25.5 Å². The van der Waals surface area contributed by atoms with E-state index in [1.807, 2.05) is 0 Å². The van der Waals surface area contributed by atoms with Crippen LogP contribution < -0.4 is 5.32 Å². The van der Waals surface area contributed by atoms with Crippen LogP contribution in [-0.2, 0) is 4.74 Å². The molecule has 1 atom stereocenters. The van der Waals surface area contributed by atoms with Gasteiger partial charge in [0.1, 0.15) is 6.26 Å². The molecule has 0 spiro atoms. The van der Waals surface area contributed by atoms with Crippen molar-refractivity contribution in [3.63, 3.8) is 0 Å². The van der Waals surface area contributed by atoms with Crippen molar-refractivity contribution in [2.45, 2.75) is 6.04 Å². The molecule has 0 bridgehead atoms. The van der Waals surface area contributed by atoms with Crippen molar-refractivity contribution in [2.75, 3.05) is 19.8 Å². The predicted octanol–water partition coefficient (Wildman–Crippen LogP) is 0.335. The van der Waals surface area contributed by atoms with E-state index >= 15 is 0 Å². The van der Waals surface area contributed by atoms with Crippen molar-refractivity contribution in [1.82, 2.24) is 10.5 Å². The fraction of sp³-hybridized carbons (Fsp3) is 0.571. The Balaban J connectivity index is 2.04. The van der Waals surface area contributed by atoms with E-state index in [2.05, 4.69) is 10.5 Å². The molecule has 1 aliphatic heterocycles. The molecule has 1 unspecified atom stereocenters. The molecule has 0 aromatic carbocycles. The van der Waals surface area contributed by atoms with Gasteiger partial charge in [0.25, 0.3) is 0 Å². The summed E-state index contributed by atoms with van der Waals surface area (Å²) in [6, 6.07) is 0.259. The van der Waals surface area contributed by atoms with Crippen LogP contribution in [0.3, 0.4) is 0 Å². The molecule has 0 amide bonds. The Morgan fingerprint density at radius 1 is 1.64 bits per heavy atom. The summed E-state index contributed by atoms with van der Waals surface area (Å²) in [6.45, 7) is 2.40. The summed E-state index contributed by atoms with van der Waals surface area (Å²) in [6.07, 6.45) is 3.36. The van der Waals surface area contributed by atoms with Crippen molar-refractivity contribution in [1.29, 1.82) is 0 Å². The van der Waals surface area contributed by atoms with E-state index in [0.717, 1.165) is 18.7 Å². The van der Waals surface area contributed by atoms with Gasteiger partial charge in [-0.2, -0.15) is 0 Å². The van der Waals surface area contributed by atoms with E-state index in [-0.39, 0.29) is 6.04 Å². The largest absolute Gasteiger partial charge is 0.378 e. The zero-order valence-corrected chi connectivity index (χ0v) is 6.12. The molecular formula is C7H10N2O2. The maximum atomic E-state index is 5.27.